The molecule has 118 valence electrons. The molecular weight excluding hydrogens is 274 g/mol. The van der Waals surface area contributed by atoms with Gasteiger partial charge < -0.3 is 15.0 Å². The number of anilines is 1. The van der Waals surface area contributed by atoms with Crippen molar-refractivity contribution in [1.29, 1.82) is 0 Å². The minimum absolute atomic E-state index is 0.0159. The van der Waals surface area contributed by atoms with Crippen LogP contribution in [0.1, 0.15) is 27.2 Å². The molecule has 1 heterocycles. The van der Waals surface area contributed by atoms with Crippen molar-refractivity contribution < 1.29 is 9.66 Å². The van der Waals surface area contributed by atoms with E-state index in [1.54, 1.807) is 0 Å². The van der Waals surface area contributed by atoms with Crippen LogP contribution in [0.5, 0.6) is 5.88 Å². The molecule has 0 spiro atoms. The van der Waals surface area contributed by atoms with Gasteiger partial charge in [-0.05, 0) is 19.5 Å². The smallest absolute Gasteiger partial charge is 0.372 e. The minimum Gasteiger partial charge on any atom is -0.473 e. The lowest BCUT2D eigenvalue weighted by atomic mass is 10.4. The van der Waals surface area contributed by atoms with Crippen molar-refractivity contribution in [1.82, 2.24) is 14.9 Å². The van der Waals surface area contributed by atoms with Gasteiger partial charge in [-0.3, -0.25) is 10.1 Å². The Morgan fingerprint density at radius 1 is 1.33 bits per heavy atom. The van der Waals surface area contributed by atoms with Gasteiger partial charge in [-0.1, -0.05) is 20.8 Å². The zero-order chi connectivity index (χ0) is 15.7. The lowest BCUT2D eigenvalue weighted by Gasteiger charge is -2.18. The molecule has 1 aromatic rings. The molecule has 8 heteroatoms. The maximum Gasteiger partial charge on any atom is 0.372 e. The molecular formula is C13H23N5O3. The second-order valence-corrected chi connectivity index (χ2v) is 4.44. The Morgan fingerprint density at radius 3 is 2.62 bits per heavy atom. The minimum atomic E-state index is -0.509. The summed E-state index contributed by atoms with van der Waals surface area (Å²) in [5.74, 6) is 0.218. The topological polar surface area (TPSA) is 93.4 Å². The lowest BCUT2D eigenvalue weighted by Crippen LogP contribution is -2.29. The molecule has 0 aromatic carbocycles. The van der Waals surface area contributed by atoms with Crippen molar-refractivity contribution >= 4 is 11.5 Å². The Bertz CT molecular complexity index is 451. The van der Waals surface area contributed by atoms with Crippen LogP contribution in [0.4, 0.5) is 11.5 Å². The standard InChI is InChI=1S/C13H23N5O3/c1-4-9-21-13-11(18(19)20)12(15-10-16-13)14-7-8-17(5-2)6-3/h10H,4-9H2,1-3H3,(H,14,15,16). The second-order valence-electron chi connectivity index (χ2n) is 4.44. The van der Waals surface area contributed by atoms with Gasteiger partial charge in [0.05, 0.1) is 11.5 Å². The number of aromatic nitrogens is 2. The summed E-state index contributed by atoms with van der Waals surface area (Å²) in [7, 11) is 0. The molecule has 0 amide bonds. The Hall–Kier alpha value is -1.96. The van der Waals surface area contributed by atoms with Gasteiger partial charge in [0.15, 0.2) is 0 Å². The Labute approximate surface area is 124 Å². The van der Waals surface area contributed by atoms with E-state index in [2.05, 4.69) is 34.0 Å². The molecule has 0 saturated heterocycles. The monoisotopic (exact) mass is 297 g/mol. The van der Waals surface area contributed by atoms with E-state index in [9.17, 15) is 10.1 Å². The summed E-state index contributed by atoms with van der Waals surface area (Å²) in [6, 6.07) is 0. The third kappa shape index (κ3) is 5.14. The molecule has 1 aromatic heterocycles. The van der Waals surface area contributed by atoms with E-state index < -0.39 is 4.92 Å². The Balaban J connectivity index is 2.78. The van der Waals surface area contributed by atoms with E-state index in [0.717, 1.165) is 26.1 Å². The molecule has 0 unspecified atom stereocenters. The number of ether oxygens (including phenoxy) is 1. The summed E-state index contributed by atoms with van der Waals surface area (Å²) in [6.07, 6.45) is 2.03. The summed E-state index contributed by atoms with van der Waals surface area (Å²) >= 11 is 0. The van der Waals surface area contributed by atoms with Crippen LogP contribution in [-0.2, 0) is 0 Å². The number of likely N-dealkylation sites (N-methyl/N-ethyl adjacent to an activating group) is 1. The fraction of sp³-hybridized carbons (Fsp3) is 0.692. The molecule has 0 atom stereocenters. The van der Waals surface area contributed by atoms with Crippen LogP contribution in [0.3, 0.4) is 0 Å². The van der Waals surface area contributed by atoms with Crippen molar-refractivity contribution in [3.8, 4) is 5.88 Å². The highest BCUT2D eigenvalue weighted by molar-refractivity contribution is 5.61. The van der Waals surface area contributed by atoms with Crippen molar-refractivity contribution in [3.63, 3.8) is 0 Å². The molecule has 0 saturated carbocycles. The van der Waals surface area contributed by atoms with Gasteiger partial charge >= 0.3 is 5.69 Å². The molecule has 0 fully saturated rings. The predicted octanol–water partition coefficient (Wildman–Crippen LogP) is 1.93. The van der Waals surface area contributed by atoms with Crippen LogP contribution < -0.4 is 10.1 Å². The van der Waals surface area contributed by atoms with Gasteiger partial charge in [0.1, 0.15) is 6.33 Å². The largest absolute Gasteiger partial charge is 0.473 e. The molecule has 0 radical (unpaired) electrons. The number of nitro groups is 1. The van der Waals surface area contributed by atoms with E-state index in [1.807, 2.05) is 6.92 Å². The first kappa shape index (κ1) is 17.1. The third-order valence-electron chi connectivity index (χ3n) is 3.03. The number of hydrogen-bond donors (Lipinski definition) is 1. The summed E-state index contributed by atoms with van der Waals surface area (Å²) in [5.41, 5.74) is -0.203. The van der Waals surface area contributed by atoms with Gasteiger partial charge in [0.2, 0.25) is 5.82 Å². The Morgan fingerprint density at radius 2 is 2.05 bits per heavy atom. The fourth-order valence-electron chi connectivity index (χ4n) is 1.83. The number of nitrogens with one attached hydrogen (secondary N) is 1. The van der Waals surface area contributed by atoms with Gasteiger partial charge in [0, 0.05) is 13.1 Å². The first-order chi connectivity index (χ1) is 10.1. The summed E-state index contributed by atoms with van der Waals surface area (Å²) in [5, 5.41) is 14.2. The SMILES string of the molecule is CCCOc1ncnc(NCCN(CC)CC)c1[N+](=O)[O-]. The van der Waals surface area contributed by atoms with E-state index in [1.165, 1.54) is 6.33 Å². The molecule has 1 rings (SSSR count). The average molecular weight is 297 g/mol. The number of nitrogens with zero attached hydrogens (tertiary/aromatic N) is 4. The first-order valence-corrected chi connectivity index (χ1v) is 7.22. The third-order valence-corrected chi connectivity index (χ3v) is 3.03. The van der Waals surface area contributed by atoms with Crippen LogP contribution >= 0.6 is 0 Å². The normalized spacial score (nSPS) is 10.7. The van der Waals surface area contributed by atoms with Crippen molar-refractivity contribution in [3.05, 3.63) is 16.4 Å². The van der Waals surface area contributed by atoms with E-state index >= 15 is 0 Å². The fourth-order valence-corrected chi connectivity index (χ4v) is 1.83. The number of hydrogen-bond acceptors (Lipinski definition) is 7. The highest BCUT2D eigenvalue weighted by Crippen LogP contribution is 2.30. The Kier molecular flexibility index (Phi) is 7.38. The van der Waals surface area contributed by atoms with Crippen LogP contribution in [0.15, 0.2) is 6.33 Å². The van der Waals surface area contributed by atoms with Crippen molar-refractivity contribution in [2.24, 2.45) is 0 Å². The zero-order valence-corrected chi connectivity index (χ0v) is 12.8. The summed E-state index contributed by atoms with van der Waals surface area (Å²) in [6.45, 7) is 9.71. The van der Waals surface area contributed by atoms with Crippen molar-refractivity contribution in [2.75, 3.05) is 38.1 Å². The van der Waals surface area contributed by atoms with Gasteiger partial charge in [0.25, 0.3) is 5.88 Å². The second kappa shape index (κ2) is 9.06. The molecule has 0 aliphatic heterocycles. The van der Waals surface area contributed by atoms with Crippen LogP contribution in [0.25, 0.3) is 0 Å². The maximum atomic E-state index is 11.2. The van der Waals surface area contributed by atoms with E-state index in [0.29, 0.717) is 13.2 Å². The van der Waals surface area contributed by atoms with Crippen LogP contribution in [0, 0.1) is 10.1 Å². The molecule has 0 bridgehead atoms. The summed E-state index contributed by atoms with van der Waals surface area (Å²) < 4.78 is 5.31. The molecule has 21 heavy (non-hydrogen) atoms. The van der Waals surface area contributed by atoms with Gasteiger partial charge in [-0.2, -0.15) is 4.98 Å². The molecule has 0 aliphatic rings. The van der Waals surface area contributed by atoms with Crippen molar-refractivity contribution in [2.45, 2.75) is 27.2 Å². The van der Waals surface area contributed by atoms with E-state index in [4.69, 9.17) is 4.74 Å². The molecule has 0 aliphatic carbocycles. The zero-order valence-electron chi connectivity index (χ0n) is 12.8. The predicted molar refractivity (Wildman–Crippen MR) is 80.8 cm³/mol. The maximum absolute atomic E-state index is 11.2. The van der Waals surface area contributed by atoms with Gasteiger partial charge in [-0.25, -0.2) is 4.98 Å². The number of rotatable bonds is 10. The lowest BCUT2D eigenvalue weighted by molar-refractivity contribution is -0.385. The molecule has 1 N–H and O–H groups in total. The first-order valence-electron chi connectivity index (χ1n) is 7.22. The van der Waals surface area contributed by atoms with Crippen LogP contribution in [0.2, 0.25) is 0 Å². The highest BCUT2D eigenvalue weighted by Gasteiger charge is 2.24. The quantitative estimate of drug-likeness (QED) is 0.521. The average Bonchev–Trinajstić information content (AvgIpc) is 2.49. The highest BCUT2D eigenvalue weighted by atomic mass is 16.6. The summed E-state index contributed by atoms with van der Waals surface area (Å²) in [4.78, 5) is 20.7. The van der Waals surface area contributed by atoms with E-state index in [-0.39, 0.29) is 17.4 Å². The molecule has 8 nitrogen and oxygen atoms in total. The van der Waals surface area contributed by atoms with Crippen LogP contribution in [-0.4, -0.2) is 52.6 Å². The van der Waals surface area contributed by atoms with Gasteiger partial charge in [-0.15, -0.1) is 0 Å².